The molecule has 0 bridgehead atoms. The maximum Gasteiger partial charge on any atom is 0.327 e. The van der Waals surface area contributed by atoms with Gasteiger partial charge in [0.2, 0.25) is 0 Å². The van der Waals surface area contributed by atoms with Crippen LogP contribution in [-0.4, -0.2) is 30.8 Å². The number of esters is 1. The molecule has 0 radical (unpaired) electrons. The molecular formula is C12H17NO3. The normalized spacial score (nSPS) is 14.2. The number of aliphatic hydroxyl groups excluding tert-OH is 1. The van der Waals surface area contributed by atoms with E-state index in [9.17, 15) is 9.90 Å². The first kappa shape index (κ1) is 12.7. The van der Waals surface area contributed by atoms with E-state index in [1.807, 2.05) is 30.3 Å². The molecule has 0 saturated carbocycles. The van der Waals surface area contributed by atoms with Gasteiger partial charge in [-0.15, -0.1) is 0 Å². The molecule has 16 heavy (non-hydrogen) atoms. The maximum absolute atomic E-state index is 11.6. The second-order valence-electron chi connectivity index (χ2n) is 3.62. The van der Waals surface area contributed by atoms with Crippen LogP contribution in [0.15, 0.2) is 30.3 Å². The molecule has 0 amide bonds. The van der Waals surface area contributed by atoms with Crippen LogP contribution in [0.2, 0.25) is 0 Å². The van der Waals surface area contributed by atoms with Gasteiger partial charge in [0.25, 0.3) is 0 Å². The van der Waals surface area contributed by atoms with Gasteiger partial charge in [-0.1, -0.05) is 30.3 Å². The smallest absolute Gasteiger partial charge is 0.327 e. The van der Waals surface area contributed by atoms with E-state index >= 15 is 0 Å². The fourth-order valence-electron chi connectivity index (χ4n) is 1.39. The molecule has 1 rings (SSSR count). The van der Waals surface area contributed by atoms with E-state index in [0.717, 1.165) is 5.56 Å². The lowest BCUT2D eigenvalue weighted by molar-refractivity contribution is -0.143. The summed E-state index contributed by atoms with van der Waals surface area (Å²) in [7, 11) is 1.35. The van der Waals surface area contributed by atoms with Crippen molar-refractivity contribution in [3.63, 3.8) is 0 Å². The van der Waals surface area contributed by atoms with Crippen LogP contribution in [0.25, 0.3) is 0 Å². The second kappa shape index (κ2) is 6.25. The van der Waals surface area contributed by atoms with Crippen LogP contribution in [0.1, 0.15) is 18.5 Å². The summed E-state index contributed by atoms with van der Waals surface area (Å²) in [6, 6.07) is 8.76. The Balaban J connectivity index is 2.76. The van der Waals surface area contributed by atoms with Gasteiger partial charge in [-0.25, -0.2) is 4.79 Å². The van der Waals surface area contributed by atoms with Gasteiger partial charge >= 0.3 is 5.97 Å². The van der Waals surface area contributed by atoms with Crippen LogP contribution in [0.4, 0.5) is 0 Å². The molecule has 4 heteroatoms. The van der Waals surface area contributed by atoms with Gasteiger partial charge in [-0.05, 0) is 12.5 Å². The van der Waals surface area contributed by atoms with Crippen LogP contribution in [0.5, 0.6) is 0 Å². The van der Waals surface area contributed by atoms with Crippen LogP contribution >= 0.6 is 0 Å². The Morgan fingerprint density at radius 2 is 2.06 bits per heavy atom. The van der Waals surface area contributed by atoms with E-state index in [-0.39, 0.29) is 5.97 Å². The van der Waals surface area contributed by atoms with Crippen molar-refractivity contribution < 1.29 is 14.6 Å². The quantitative estimate of drug-likeness (QED) is 0.727. The lowest BCUT2D eigenvalue weighted by Gasteiger charge is -2.17. The summed E-state index contributed by atoms with van der Waals surface area (Å²) >= 11 is 0. The average Bonchev–Trinajstić information content (AvgIpc) is 2.30. The van der Waals surface area contributed by atoms with Crippen molar-refractivity contribution in [2.45, 2.75) is 19.1 Å². The molecule has 0 aliphatic heterocycles. The fourth-order valence-corrected chi connectivity index (χ4v) is 1.39. The van der Waals surface area contributed by atoms with Gasteiger partial charge in [0, 0.05) is 6.54 Å². The van der Waals surface area contributed by atoms with Crippen molar-refractivity contribution >= 4 is 5.97 Å². The second-order valence-corrected chi connectivity index (χ2v) is 3.62. The predicted octanol–water partition coefficient (Wildman–Crippen LogP) is 0.871. The van der Waals surface area contributed by atoms with E-state index in [4.69, 9.17) is 4.74 Å². The summed E-state index contributed by atoms with van der Waals surface area (Å²) in [5.41, 5.74) is 0.829. The first-order valence-corrected chi connectivity index (χ1v) is 5.19. The molecule has 0 aliphatic rings. The van der Waals surface area contributed by atoms with Gasteiger partial charge < -0.3 is 9.84 Å². The molecule has 0 saturated heterocycles. The molecule has 0 aromatic heterocycles. The number of hydrogen-bond acceptors (Lipinski definition) is 4. The molecule has 1 unspecified atom stereocenters. The zero-order valence-corrected chi connectivity index (χ0v) is 9.51. The minimum absolute atomic E-state index is 0.342. The zero-order chi connectivity index (χ0) is 12.0. The van der Waals surface area contributed by atoms with Gasteiger partial charge in [-0.3, -0.25) is 5.32 Å². The van der Waals surface area contributed by atoms with E-state index in [0.29, 0.717) is 6.54 Å². The standard InChI is InChI=1S/C12H17NO3/c1-9(14)8-13-11(12(15)16-2)10-6-4-3-5-7-10/h3-7,9,11,13-14H,8H2,1-2H3/t9-,11?/m1/s1. The summed E-state index contributed by atoms with van der Waals surface area (Å²) in [5, 5.41) is 12.1. The lowest BCUT2D eigenvalue weighted by Crippen LogP contribution is -2.34. The zero-order valence-electron chi connectivity index (χ0n) is 9.51. The summed E-state index contributed by atoms with van der Waals surface area (Å²) in [6.07, 6.45) is -0.504. The van der Waals surface area contributed by atoms with Crippen molar-refractivity contribution in [3.05, 3.63) is 35.9 Å². The first-order chi connectivity index (χ1) is 7.65. The third kappa shape index (κ3) is 3.64. The van der Waals surface area contributed by atoms with Gasteiger partial charge in [-0.2, -0.15) is 0 Å². The number of benzene rings is 1. The molecule has 0 heterocycles. The Bertz CT molecular complexity index is 324. The van der Waals surface area contributed by atoms with Crippen molar-refractivity contribution in [2.24, 2.45) is 0 Å². The number of methoxy groups -OCH3 is 1. The van der Waals surface area contributed by atoms with Crippen molar-refractivity contribution in [3.8, 4) is 0 Å². The highest BCUT2D eigenvalue weighted by molar-refractivity contribution is 5.77. The Hall–Kier alpha value is -1.39. The van der Waals surface area contributed by atoms with Gasteiger partial charge in [0.05, 0.1) is 13.2 Å². The molecular weight excluding hydrogens is 206 g/mol. The van der Waals surface area contributed by atoms with Crippen molar-refractivity contribution in [1.29, 1.82) is 0 Å². The average molecular weight is 223 g/mol. The molecule has 0 fully saturated rings. The molecule has 2 atom stereocenters. The third-order valence-corrected chi connectivity index (χ3v) is 2.19. The topological polar surface area (TPSA) is 58.6 Å². The van der Waals surface area contributed by atoms with E-state index < -0.39 is 12.1 Å². The van der Waals surface area contributed by atoms with E-state index in [1.54, 1.807) is 6.92 Å². The minimum atomic E-state index is -0.527. The van der Waals surface area contributed by atoms with Crippen LogP contribution in [0.3, 0.4) is 0 Å². The van der Waals surface area contributed by atoms with Crippen molar-refractivity contribution in [1.82, 2.24) is 5.32 Å². The summed E-state index contributed by atoms with van der Waals surface area (Å²) < 4.78 is 4.72. The molecule has 0 aliphatic carbocycles. The maximum atomic E-state index is 11.6. The van der Waals surface area contributed by atoms with Crippen LogP contribution in [0, 0.1) is 0 Å². The Kier molecular flexibility index (Phi) is 4.95. The number of nitrogens with one attached hydrogen (secondary N) is 1. The number of aliphatic hydroxyl groups is 1. The summed E-state index contributed by atoms with van der Waals surface area (Å²) in [6.45, 7) is 2.00. The Morgan fingerprint density at radius 1 is 1.44 bits per heavy atom. The minimum Gasteiger partial charge on any atom is -0.468 e. The third-order valence-electron chi connectivity index (χ3n) is 2.19. The first-order valence-electron chi connectivity index (χ1n) is 5.19. The molecule has 1 aromatic carbocycles. The summed E-state index contributed by atoms with van der Waals surface area (Å²) in [5.74, 6) is -0.355. The van der Waals surface area contributed by atoms with Gasteiger partial charge in [0.1, 0.15) is 6.04 Å². The number of carbonyl (C=O) groups excluding carboxylic acids is 1. The monoisotopic (exact) mass is 223 g/mol. The number of ether oxygens (including phenoxy) is 1. The predicted molar refractivity (Wildman–Crippen MR) is 60.9 cm³/mol. The van der Waals surface area contributed by atoms with Crippen LogP contribution in [-0.2, 0) is 9.53 Å². The number of carbonyl (C=O) groups is 1. The molecule has 2 N–H and O–H groups in total. The Morgan fingerprint density at radius 3 is 2.56 bits per heavy atom. The van der Waals surface area contributed by atoms with Crippen molar-refractivity contribution in [2.75, 3.05) is 13.7 Å². The number of rotatable bonds is 5. The van der Waals surface area contributed by atoms with E-state index in [1.165, 1.54) is 7.11 Å². The number of hydrogen-bond donors (Lipinski definition) is 2. The lowest BCUT2D eigenvalue weighted by atomic mass is 10.1. The molecule has 1 aromatic rings. The SMILES string of the molecule is COC(=O)C(NC[C@@H](C)O)c1ccccc1. The highest BCUT2D eigenvalue weighted by Gasteiger charge is 2.20. The molecule has 88 valence electrons. The van der Waals surface area contributed by atoms with E-state index in [2.05, 4.69) is 5.32 Å². The van der Waals surface area contributed by atoms with Gasteiger partial charge in [0.15, 0.2) is 0 Å². The molecule has 4 nitrogen and oxygen atoms in total. The highest BCUT2D eigenvalue weighted by Crippen LogP contribution is 2.13. The largest absolute Gasteiger partial charge is 0.468 e. The highest BCUT2D eigenvalue weighted by atomic mass is 16.5. The van der Waals surface area contributed by atoms with Crippen LogP contribution < -0.4 is 5.32 Å². The Labute approximate surface area is 95.2 Å². The fraction of sp³-hybridized carbons (Fsp3) is 0.417. The summed E-state index contributed by atoms with van der Waals surface area (Å²) in [4.78, 5) is 11.6. The molecule has 0 spiro atoms.